The zero-order valence-electron chi connectivity index (χ0n) is 9.66. The minimum absolute atomic E-state index is 0.0106. The van der Waals surface area contributed by atoms with Crippen molar-refractivity contribution in [1.82, 2.24) is 4.90 Å². The number of hydrogen-bond acceptors (Lipinski definition) is 3. The molecule has 1 rings (SSSR count). The summed E-state index contributed by atoms with van der Waals surface area (Å²) in [5.41, 5.74) is -0.738. The van der Waals surface area contributed by atoms with Crippen LogP contribution in [-0.2, 0) is 9.53 Å². The minimum atomic E-state index is -0.738. The maximum atomic E-state index is 11.7. The Kier molecular flexibility index (Phi) is 4.54. The van der Waals surface area contributed by atoms with Crippen molar-refractivity contribution >= 4 is 5.91 Å². The van der Waals surface area contributed by atoms with Crippen molar-refractivity contribution in [2.75, 3.05) is 27.3 Å². The molecule has 1 saturated carbocycles. The molecule has 1 aliphatic carbocycles. The van der Waals surface area contributed by atoms with E-state index in [4.69, 9.17) is 4.74 Å². The highest BCUT2D eigenvalue weighted by atomic mass is 16.5. The number of aliphatic hydroxyl groups is 1. The maximum absolute atomic E-state index is 11.7. The van der Waals surface area contributed by atoms with E-state index in [1.165, 1.54) is 0 Å². The molecule has 0 aromatic carbocycles. The van der Waals surface area contributed by atoms with Crippen LogP contribution in [0.3, 0.4) is 0 Å². The van der Waals surface area contributed by atoms with Crippen LogP contribution in [0.4, 0.5) is 0 Å². The molecule has 4 nitrogen and oxygen atoms in total. The summed E-state index contributed by atoms with van der Waals surface area (Å²) in [5, 5.41) is 10.1. The molecule has 0 heterocycles. The summed E-state index contributed by atoms with van der Waals surface area (Å²) in [7, 11) is 3.36. The number of methoxy groups -OCH3 is 1. The second-order valence-electron chi connectivity index (χ2n) is 4.42. The van der Waals surface area contributed by atoms with Crippen molar-refractivity contribution in [3.05, 3.63) is 0 Å². The number of amides is 1. The molecule has 0 saturated heterocycles. The summed E-state index contributed by atoms with van der Waals surface area (Å²) < 4.78 is 4.90. The monoisotopic (exact) mass is 215 g/mol. The highest BCUT2D eigenvalue weighted by molar-refractivity contribution is 5.77. The van der Waals surface area contributed by atoms with Crippen molar-refractivity contribution < 1.29 is 14.6 Å². The van der Waals surface area contributed by atoms with Crippen molar-refractivity contribution in [3.8, 4) is 0 Å². The number of hydrogen-bond donors (Lipinski definition) is 1. The Morgan fingerprint density at radius 2 is 2.07 bits per heavy atom. The molecule has 0 aromatic heterocycles. The van der Waals surface area contributed by atoms with Crippen molar-refractivity contribution in [1.29, 1.82) is 0 Å². The first-order valence-electron chi connectivity index (χ1n) is 5.53. The molecule has 0 unspecified atom stereocenters. The summed E-state index contributed by atoms with van der Waals surface area (Å²) in [5.74, 6) is 0.0106. The molecule has 0 aromatic rings. The van der Waals surface area contributed by atoms with Crippen molar-refractivity contribution in [2.45, 2.75) is 37.7 Å². The third kappa shape index (κ3) is 3.80. The SMILES string of the molecule is COCCN(C)C(=O)CC1(O)CCCC1. The van der Waals surface area contributed by atoms with Crippen LogP contribution in [0.2, 0.25) is 0 Å². The first kappa shape index (κ1) is 12.5. The molecule has 0 bridgehead atoms. The highest BCUT2D eigenvalue weighted by Crippen LogP contribution is 2.32. The van der Waals surface area contributed by atoms with Crippen LogP contribution in [0.15, 0.2) is 0 Å². The fourth-order valence-electron chi connectivity index (χ4n) is 1.98. The van der Waals surface area contributed by atoms with Gasteiger partial charge in [-0.05, 0) is 12.8 Å². The van der Waals surface area contributed by atoms with E-state index in [1.54, 1.807) is 19.1 Å². The van der Waals surface area contributed by atoms with Gasteiger partial charge in [-0.1, -0.05) is 12.8 Å². The van der Waals surface area contributed by atoms with E-state index in [9.17, 15) is 9.90 Å². The molecular formula is C11H21NO3. The summed E-state index contributed by atoms with van der Waals surface area (Å²) in [4.78, 5) is 13.3. The van der Waals surface area contributed by atoms with E-state index >= 15 is 0 Å². The molecule has 15 heavy (non-hydrogen) atoms. The maximum Gasteiger partial charge on any atom is 0.225 e. The van der Waals surface area contributed by atoms with Gasteiger partial charge in [0.15, 0.2) is 0 Å². The number of ether oxygens (including phenoxy) is 1. The summed E-state index contributed by atoms with van der Waals surface area (Å²) in [6, 6.07) is 0. The molecule has 4 heteroatoms. The van der Waals surface area contributed by atoms with E-state index in [-0.39, 0.29) is 12.3 Å². The van der Waals surface area contributed by atoms with Gasteiger partial charge in [-0.15, -0.1) is 0 Å². The Bertz CT molecular complexity index is 212. The average molecular weight is 215 g/mol. The largest absolute Gasteiger partial charge is 0.389 e. The molecular weight excluding hydrogens is 194 g/mol. The standard InChI is InChI=1S/C11H21NO3/c1-12(7-8-15-2)10(13)9-11(14)5-3-4-6-11/h14H,3-9H2,1-2H3. The predicted molar refractivity (Wildman–Crippen MR) is 57.5 cm³/mol. The fraction of sp³-hybridized carbons (Fsp3) is 0.909. The zero-order chi connectivity index (χ0) is 11.3. The summed E-state index contributed by atoms with van der Waals surface area (Å²) >= 11 is 0. The van der Waals surface area contributed by atoms with Crippen LogP contribution in [0, 0.1) is 0 Å². The number of likely N-dealkylation sites (N-methyl/N-ethyl adjacent to an activating group) is 1. The van der Waals surface area contributed by atoms with Gasteiger partial charge in [0.2, 0.25) is 5.91 Å². The first-order chi connectivity index (χ1) is 7.07. The smallest absolute Gasteiger partial charge is 0.225 e. The van der Waals surface area contributed by atoms with E-state index in [1.807, 2.05) is 0 Å². The Hall–Kier alpha value is -0.610. The first-order valence-corrected chi connectivity index (χ1v) is 5.53. The second kappa shape index (κ2) is 5.47. The minimum Gasteiger partial charge on any atom is -0.389 e. The zero-order valence-corrected chi connectivity index (χ0v) is 9.66. The van der Waals surface area contributed by atoms with Gasteiger partial charge in [0.05, 0.1) is 18.6 Å². The van der Waals surface area contributed by atoms with Gasteiger partial charge in [0.1, 0.15) is 0 Å². The van der Waals surface area contributed by atoms with E-state index in [2.05, 4.69) is 0 Å². The summed E-state index contributed by atoms with van der Waals surface area (Å²) in [6.07, 6.45) is 3.85. The summed E-state index contributed by atoms with van der Waals surface area (Å²) in [6.45, 7) is 1.13. The van der Waals surface area contributed by atoms with Gasteiger partial charge in [0, 0.05) is 20.7 Å². The van der Waals surface area contributed by atoms with E-state index in [0.29, 0.717) is 13.2 Å². The molecule has 0 radical (unpaired) electrons. The molecule has 1 aliphatic rings. The third-order valence-electron chi connectivity index (χ3n) is 3.07. The van der Waals surface area contributed by atoms with Crippen LogP contribution < -0.4 is 0 Å². The Morgan fingerprint density at radius 1 is 1.47 bits per heavy atom. The molecule has 1 N–H and O–H groups in total. The van der Waals surface area contributed by atoms with Crippen LogP contribution in [0.25, 0.3) is 0 Å². The van der Waals surface area contributed by atoms with Crippen LogP contribution in [0.5, 0.6) is 0 Å². The van der Waals surface area contributed by atoms with Gasteiger partial charge in [-0.2, -0.15) is 0 Å². The van der Waals surface area contributed by atoms with Gasteiger partial charge >= 0.3 is 0 Å². The Balaban J connectivity index is 2.33. The number of nitrogens with zero attached hydrogens (tertiary/aromatic N) is 1. The molecule has 0 atom stereocenters. The van der Waals surface area contributed by atoms with E-state index in [0.717, 1.165) is 25.7 Å². The second-order valence-corrected chi connectivity index (χ2v) is 4.42. The number of rotatable bonds is 5. The molecule has 88 valence electrons. The lowest BCUT2D eigenvalue weighted by atomic mass is 9.97. The van der Waals surface area contributed by atoms with Gasteiger partial charge in [-0.25, -0.2) is 0 Å². The molecule has 0 aliphatic heterocycles. The highest BCUT2D eigenvalue weighted by Gasteiger charge is 2.34. The van der Waals surface area contributed by atoms with Crippen LogP contribution >= 0.6 is 0 Å². The van der Waals surface area contributed by atoms with Crippen molar-refractivity contribution in [2.24, 2.45) is 0 Å². The fourth-order valence-corrected chi connectivity index (χ4v) is 1.98. The Morgan fingerprint density at radius 3 is 2.60 bits per heavy atom. The normalized spacial score (nSPS) is 19.1. The molecule has 1 fully saturated rings. The lowest BCUT2D eigenvalue weighted by Gasteiger charge is -2.25. The van der Waals surface area contributed by atoms with Crippen LogP contribution in [0.1, 0.15) is 32.1 Å². The number of carbonyl (C=O) groups excluding carboxylic acids is 1. The predicted octanol–water partition coefficient (Wildman–Crippen LogP) is 0.786. The lowest BCUT2D eigenvalue weighted by Crippen LogP contribution is -2.37. The van der Waals surface area contributed by atoms with E-state index < -0.39 is 5.60 Å². The third-order valence-corrected chi connectivity index (χ3v) is 3.07. The van der Waals surface area contributed by atoms with Crippen LogP contribution in [-0.4, -0.2) is 48.8 Å². The van der Waals surface area contributed by atoms with Crippen molar-refractivity contribution in [3.63, 3.8) is 0 Å². The van der Waals surface area contributed by atoms with Gasteiger partial charge < -0.3 is 14.7 Å². The molecule has 1 amide bonds. The Labute approximate surface area is 91.2 Å². The topological polar surface area (TPSA) is 49.8 Å². The molecule has 0 spiro atoms. The lowest BCUT2D eigenvalue weighted by molar-refractivity contribution is -0.135. The quantitative estimate of drug-likeness (QED) is 0.737. The van der Waals surface area contributed by atoms with Gasteiger partial charge in [0.25, 0.3) is 0 Å². The average Bonchev–Trinajstić information content (AvgIpc) is 2.61. The number of carbonyl (C=O) groups is 1. The van der Waals surface area contributed by atoms with Gasteiger partial charge in [-0.3, -0.25) is 4.79 Å².